The largest absolute Gasteiger partial charge is 0.348 e. The summed E-state index contributed by atoms with van der Waals surface area (Å²) in [7, 11) is 0. The number of anilines is 2. The maximum Gasteiger partial charge on any atom is 0.283 e. The van der Waals surface area contributed by atoms with E-state index in [9.17, 15) is 9.59 Å². The van der Waals surface area contributed by atoms with Crippen molar-refractivity contribution < 1.29 is 4.79 Å². The number of nitrogens with one attached hydrogen (secondary N) is 2. The molecular weight excluding hydrogens is 470 g/mol. The summed E-state index contributed by atoms with van der Waals surface area (Å²) in [4.78, 5) is 30.7. The molecule has 0 bridgehead atoms. The summed E-state index contributed by atoms with van der Waals surface area (Å²) < 4.78 is 1.29. The van der Waals surface area contributed by atoms with Gasteiger partial charge in [0.25, 0.3) is 11.5 Å². The zero-order valence-electron chi connectivity index (χ0n) is 18.4. The van der Waals surface area contributed by atoms with Gasteiger partial charge in [-0.1, -0.05) is 47.2 Å². The van der Waals surface area contributed by atoms with Crippen LogP contribution < -0.4 is 16.2 Å². The van der Waals surface area contributed by atoms with Crippen molar-refractivity contribution in [2.75, 3.05) is 5.32 Å². The highest BCUT2D eigenvalue weighted by Gasteiger charge is 2.14. The van der Waals surface area contributed by atoms with E-state index in [1.54, 1.807) is 30.3 Å². The number of hydrogen-bond acceptors (Lipinski definition) is 6. The minimum Gasteiger partial charge on any atom is -0.348 e. The molecule has 0 saturated heterocycles. The van der Waals surface area contributed by atoms with Gasteiger partial charge in [0.2, 0.25) is 10.1 Å². The van der Waals surface area contributed by atoms with Gasteiger partial charge in [0.1, 0.15) is 0 Å². The molecule has 2 N–H and O–H groups in total. The van der Waals surface area contributed by atoms with E-state index in [1.165, 1.54) is 15.9 Å². The van der Waals surface area contributed by atoms with E-state index in [4.69, 9.17) is 11.6 Å². The van der Waals surface area contributed by atoms with E-state index >= 15 is 0 Å². The molecule has 0 fully saturated rings. The van der Waals surface area contributed by atoms with Crippen LogP contribution in [0.1, 0.15) is 27.0 Å². The number of carbonyl (C=O) groups excluding carboxylic acids is 1. The third-order valence-corrected chi connectivity index (χ3v) is 6.54. The zero-order chi connectivity index (χ0) is 23.8. The Morgan fingerprint density at radius 3 is 2.65 bits per heavy atom. The van der Waals surface area contributed by atoms with E-state index in [0.29, 0.717) is 38.1 Å². The fraction of sp³-hybridized carbons (Fsp3) is 0.120. The molecule has 2 heterocycles. The molecule has 0 unspecified atom stereocenters. The molecule has 0 aliphatic carbocycles. The SMILES string of the molecule is Cc1ccc(C)c(Nc2nn3c(=O)c4ccc(C(=O)NCc5ccc(Cl)cc5)cc4nc3s2)c1. The minimum absolute atomic E-state index is 0.250. The molecule has 0 saturated carbocycles. The second-order valence-electron chi connectivity index (χ2n) is 8.00. The summed E-state index contributed by atoms with van der Waals surface area (Å²) in [5, 5.41) is 12.2. The van der Waals surface area contributed by atoms with Crippen LogP contribution in [0.2, 0.25) is 5.02 Å². The highest BCUT2D eigenvalue weighted by atomic mass is 35.5. The zero-order valence-corrected chi connectivity index (χ0v) is 20.0. The van der Waals surface area contributed by atoms with Crippen LogP contribution in [0.4, 0.5) is 10.8 Å². The lowest BCUT2D eigenvalue weighted by molar-refractivity contribution is 0.0951. The van der Waals surface area contributed by atoms with Crippen molar-refractivity contribution in [3.8, 4) is 0 Å². The molecule has 3 aromatic carbocycles. The molecule has 9 heteroatoms. The van der Waals surface area contributed by atoms with E-state index in [1.807, 2.05) is 44.2 Å². The number of halogens is 1. The Bertz CT molecular complexity index is 1610. The van der Waals surface area contributed by atoms with Gasteiger partial charge in [0.05, 0.1) is 10.9 Å². The Balaban J connectivity index is 1.43. The number of rotatable bonds is 5. The van der Waals surface area contributed by atoms with Gasteiger partial charge < -0.3 is 10.6 Å². The van der Waals surface area contributed by atoms with E-state index in [0.717, 1.165) is 22.4 Å². The lowest BCUT2D eigenvalue weighted by atomic mass is 10.1. The first-order valence-corrected chi connectivity index (χ1v) is 11.8. The lowest BCUT2D eigenvalue weighted by Gasteiger charge is -2.06. The first-order valence-electron chi connectivity index (χ1n) is 10.6. The molecule has 2 aromatic heterocycles. The highest BCUT2D eigenvalue weighted by Crippen LogP contribution is 2.26. The smallest absolute Gasteiger partial charge is 0.283 e. The molecule has 0 atom stereocenters. The minimum atomic E-state index is -0.279. The Kier molecular flexibility index (Phi) is 5.77. The highest BCUT2D eigenvalue weighted by molar-refractivity contribution is 7.20. The summed E-state index contributed by atoms with van der Waals surface area (Å²) in [6.07, 6.45) is 0. The molecule has 0 aliphatic heterocycles. The Morgan fingerprint density at radius 1 is 1.06 bits per heavy atom. The summed E-state index contributed by atoms with van der Waals surface area (Å²) >= 11 is 7.18. The molecule has 0 spiro atoms. The molecule has 170 valence electrons. The summed E-state index contributed by atoms with van der Waals surface area (Å²) in [5.41, 5.74) is 4.66. The number of carbonyl (C=O) groups is 1. The number of amides is 1. The fourth-order valence-electron chi connectivity index (χ4n) is 3.57. The number of hydrogen-bond donors (Lipinski definition) is 2. The summed E-state index contributed by atoms with van der Waals surface area (Å²) in [6, 6.07) is 18.2. The number of nitrogens with zero attached hydrogens (tertiary/aromatic N) is 3. The van der Waals surface area contributed by atoms with Crippen LogP contribution in [0.15, 0.2) is 65.5 Å². The second kappa shape index (κ2) is 8.89. The van der Waals surface area contributed by atoms with Crippen molar-refractivity contribution in [1.29, 1.82) is 0 Å². The number of aryl methyl sites for hydroxylation is 2. The predicted molar refractivity (Wildman–Crippen MR) is 136 cm³/mol. The average molecular weight is 490 g/mol. The van der Waals surface area contributed by atoms with Crippen molar-refractivity contribution in [3.05, 3.63) is 98.3 Å². The van der Waals surface area contributed by atoms with Crippen molar-refractivity contribution in [2.45, 2.75) is 20.4 Å². The molecule has 34 heavy (non-hydrogen) atoms. The van der Waals surface area contributed by atoms with E-state index in [2.05, 4.69) is 20.7 Å². The van der Waals surface area contributed by atoms with Gasteiger partial charge in [-0.15, -0.1) is 5.10 Å². The van der Waals surface area contributed by atoms with Gasteiger partial charge in [-0.25, -0.2) is 4.98 Å². The van der Waals surface area contributed by atoms with Crippen LogP contribution in [-0.4, -0.2) is 20.5 Å². The molecule has 5 rings (SSSR count). The van der Waals surface area contributed by atoms with Gasteiger partial charge in [-0.2, -0.15) is 4.52 Å². The standard InChI is InChI=1S/C25H20ClN5O2S/c1-14-3-4-15(2)20(11-14)28-24-30-31-23(33)19-10-7-17(12-21(19)29-25(31)34-24)22(32)27-13-16-5-8-18(26)9-6-16/h3-12H,13H2,1-2H3,(H,27,32)(H,28,30). The Labute approximate surface area is 204 Å². The normalized spacial score (nSPS) is 11.1. The maximum atomic E-state index is 13.0. The van der Waals surface area contributed by atoms with Crippen LogP contribution >= 0.6 is 22.9 Å². The van der Waals surface area contributed by atoms with Crippen LogP contribution in [0.5, 0.6) is 0 Å². The van der Waals surface area contributed by atoms with Gasteiger partial charge in [0, 0.05) is 22.8 Å². The topological polar surface area (TPSA) is 88.4 Å². The van der Waals surface area contributed by atoms with Crippen molar-refractivity contribution in [1.82, 2.24) is 19.9 Å². The number of benzene rings is 3. The van der Waals surface area contributed by atoms with Gasteiger partial charge >= 0.3 is 0 Å². The second-order valence-corrected chi connectivity index (χ2v) is 9.40. The van der Waals surface area contributed by atoms with Crippen molar-refractivity contribution >= 4 is 55.5 Å². The summed E-state index contributed by atoms with van der Waals surface area (Å²) in [6.45, 7) is 4.39. The fourth-order valence-corrected chi connectivity index (χ4v) is 4.51. The lowest BCUT2D eigenvalue weighted by Crippen LogP contribution is -2.23. The van der Waals surface area contributed by atoms with E-state index in [-0.39, 0.29) is 11.5 Å². The quantitative estimate of drug-likeness (QED) is 0.352. The van der Waals surface area contributed by atoms with Crippen LogP contribution in [-0.2, 0) is 6.54 Å². The Morgan fingerprint density at radius 2 is 1.85 bits per heavy atom. The molecular formula is C25H20ClN5O2S. The molecule has 5 aromatic rings. The van der Waals surface area contributed by atoms with Gasteiger partial charge in [-0.3, -0.25) is 9.59 Å². The molecule has 7 nitrogen and oxygen atoms in total. The number of fused-ring (bicyclic) bond motifs is 2. The monoisotopic (exact) mass is 489 g/mol. The van der Waals surface area contributed by atoms with Crippen molar-refractivity contribution in [3.63, 3.8) is 0 Å². The first kappa shape index (κ1) is 22.1. The third-order valence-electron chi connectivity index (χ3n) is 5.46. The van der Waals surface area contributed by atoms with Crippen LogP contribution in [0.3, 0.4) is 0 Å². The first-order chi connectivity index (χ1) is 16.4. The van der Waals surface area contributed by atoms with Crippen molar-refractivity contribution in [2.24, 2.45) is 0 Å². The van der Waals surface area contributed by atoms with Gasteiger partial charge in [0.15, 0.2) is 0 Å². The van der Waals surface area contributed by atoms with E-state index < -0.39 is 0 Å². The maximum absolute atomic E-state index is 13.0. The van der Waals surface area contributed by atoms with Crippen LogP contribution in [0, 0.1) is 13.8 Å². The Hall–Kier alpha value is -3.75. The molecule has 0 aliphatic rings. The predicted octanol–water partition coefficient (Wildman–Crippen LogP) is 5.25. The summed E-state index contributed by atoms with van der Waals surface area (Å²) in [5.74, 6) is -0.250. The van der Waals surface area contributed by atoms with Crippen LogP contribution in [0.25, 0.3) is 15.9 Å². The van der Waals surface area contributed by atoms with Gasteiger partial charge in [-0.05, 0) is 66.9 Å². The molecule has 0 radical (unpaired) electrons. The number of aromatic nitrogens is 3. The average Bonchev–Trinajstić information content (AvgIpc) is 3.23. The molecule has 1 amide bonds. The third kappa shape index (κ3) is 4.37.